The lowest BCUT2D eigenvalue weighted by molar-refractivity contribution is -0.127. The van der Waals surface area contributed by atoms with Gasteiger partial charge in [0.2, 0.25) is 11.8 Å². The molecule has 0 saturated carbocycles. The van der Waals surface area contributed by atoms with Crippen molar-refractivity contribution < 1.29 is 28.5 Å². The predicted octanol–water partition coefficient (Wildman–Crippen LogP) is 0.740. The summed E-state index contributed by atoms with van der Waals surface area (Å²) in [6, 6.07) is 0. The van der Waals surface area contributed by atoms with Crippen LogP contribution in [0.5, 0.6) is 0 Å². The van der Waals surface area contributed by atoms with Crippen molar-refractivity contribution in [1.29, 1.82) is 0 Å². The van der Waals surface area contributed by atoms with Gasteiger partial charge in [-0.05, 0) is 13.3 Å². The van der Waals surface area contributed by atoms with E-state index in [1.165, 1.54) is 0 Å². The lowest BCUT2D eigenvalue weighted by atomic mass is 10.2. The third-order valence-corrected chi connectivity index (χ3v) is 3.46. The maximum absolute atomic E-state index is 11.5. The highest BCUT2D eigenvalue weighted by molar-refractivity contribution is 5.77. The summed E-state index contributed by atoms with van der Waals surface area (Å²) in [5, 5.41) is 5.50. The fraction of sp³-hybridized carbons (Fsp3) is 0.889. The molecule has 0 rings (SSSR count). The van der Waals surface area contributed by atoms with Crippen LogP contribution in [-0.2, 0) is 28.5 Å². The Morgan fingerprint density at radius 1 is 0.808 bits per heavy atom. The number of rotatable bonds is 17. The minimum Gasteiger partial charge on any atom is -0.377 e. The molecule has 0 saturated heterocycles. The maximum atomic E-state index is 11.5. The first-order valence-corrected chi connectivity index (χ1v) is 9.36. The quantitative estimate of drug-likeness (QED) is 0.364. The third kappa shape index (κ3) is 16.3. The summed E-state index contributed by atoms with van der Waals surface area (Å²) in [7, 11) is 0. The van der Waals surface area contributed by atoms with Gasteiger partial charge in [-0.2, -0.15) is 0 Å². The standard InChI is InChI=1S/C18H36N2O6/c1-5-16(4)26-14-17(21)19-6-8-23-10-12-25-13-11-24-9-7-20-18(22)15(2)3/h15-16H,5-14H2,1-4H3,(H,19,21)(H,20,22). The molecular formula is C18H36N2O6. The van der Waals surface area contributed by atoms with Crippen LogP contribution in [0.4, 0.5) is 0 Å². The Kier molecular flexibility index (Phi) is 16.4. The average molecular weight is 376 g/mol. The van der Waals surface area contributed by atoms with Crippen LogP contribution >= 0.6 is 0 Å². The van der Waals surface area contributed by atoms with Crippen molar-refractivity contribution in [2.75, 3.05) is 59.3 Å². The normalized spacial score (nSPS) is 12.2. The third-order valence-electron chi connectivity index (χ3n) is 3.46. The largest absolute Gasteiger partial charge is 0.377 e. The van der Waals surface area contributed by atoms with Crippen molar-refractivity contribution in [2.24, 2.45) is 5.92 Å². The van der Waals surface area contributed by atoms with E-state index in [9.17, 15) is 9.59 Å². The van der Waals surface area contributed by atoms with Gasteiger partial charge in [0.1, 0.15) is 6.61 Å². The van der Waals surface area contributed by atoms with Gasteiger partial charge in [0.15, 0.2) is 0 Å². The van der Waals surface area contributed by atoms with Crippen LogP contribution in [0.1, 0.15) is 34.1 Å². The zero-order valence-corrected chi connectivity index (χ0v) is 16.7. The second kappa shape index (κ2) is 17.2. The molecule has 0 aromatic carbocycles. The minimum absolute atomic E-state index is 0.00950. The molecule has 0 bridgehead atoms. The Morgan fingerprint density at radius 2 is 1.31 bits per heavy atom. The molecule has 0 aliphatic rings. The first-order chi connectivity index (χ1) is 12.5. The summed E-state index contributed by atoms with van der Waals surface area (Å²) >= 11 is 0. The van der Waals surface area contributed by atoms with Gasteiger partial charge in [-0.15, -0.1) is 0 Å². The molecule has 8 nitrogen and oxygen atoms in total. The highest BCUT2D eigenvalue weighted by Crippen LogP contribution is 1.94. The maximum Gasteiger partial charge on any atom is 0.246 e. The Bertz CT molecular complexity index is 366. The smallest absolute Gasteiger partial charge is 0.246 e. The molecule has 0 heterocycles. The summed E-state index contributed by atoms with van der Waals surface area (Å²) < 4.78 is 21.4. The summed E-state index contributed by atoms with van der Waals surface area (Å²) in [6.45, 7) is 11.5. The molecule has 0 aromatic heterocycles. The van der Waals surface area contributed by atoms with E-state index in [-0.39, 0.29) is 30.4 Å². The molecule has 2 N–H and O–H groups in total. The van der Waals surface area contributed by atoms with Crippen LogP contribution in [0, 0.1) is 5.92 Å². The van der Waals surface area contributed by atoms with Crippen molar-refractivity contribution in [1.82, 2.24) is 10.6 Å². The predicted molar refractivity (Wildman–Crippen MR) is 99.0 cm³/mol. The van der Waals surface area contributed by atoms with Gasteiger partial charge in [0, 0.05) is 19.0 Å². The van der Waals surface area contributed by atoms with Crippen LogP contribution in [-0.4, -0.2) is 77.3 Å². The summed E-state index contributed by atoms with van der Waals surface area (Å²) in [4.78, 5) is 22.8. The molecule has 8 heteroatoms. The summed E-state index contributed by atoms with van der Waals surface area (Å²) in [5.74, 6) is -0.113. The van der Waals surface area contributed by atoms with Gasteiger partial charge >= 0.3 is 0 Å². The van der Waals surface area contributed by atoms with Crippen LogP contribution in [0.15, 0.2) is 0 Å². The molecule has 0 aromatic rings. The molecule has 2 amide bonds. The van der Waals surface area contributed by atoms with Gasteiger partial charge in [-0.25, -0.2) is 0 Å². The van der Waals surface area contributed by atoms with Gasteiger partial charge < -0.3 is 29.6 Å². The number of carbonyl (C=O) groups is 2. The Hall–Kier alpha value is -1.22. The number of nitrogens with one attached hydrogen (secondary N) is 2. The molecule has 0 aliphatic carbocycles. The van der Waals surface area contributed by atoms with Crippen molar-refractivity contribution >= 4 is 11.8 Å². The lowest BCUT2D eigenvalue weighted by Gasteiger charge is -2.11. The molecule has 0 spiro atoms. The molecule has 0 radical (unpaired) electrons. The average Bonchev–Trinajstić information content (AvgIpc) is 2.62. The Balaban J connectivity index is 3.22. The van der Waals surface area contributed by atoms with Crippen molar-refractivity contribution in [3.63, 3.8) is 0 Å². The van der Waals surface area contributed by atoms with Crippen molar-refractivity contribution in [3.8, 4) is 0 Å². The van der Waals surface area contributed by atoms with Crippen LogP contribution in [0.3, 0.4) is 0 Å². The fourth-order valence-electron chi connectivity index (χ4n) is 1.64. The van der Waals surface area contributed by atoms with Crippen LogP contribution in [0.2, 0.25) is 0 Å². The van der Waals surface area contributed by atoms with E-state index >= 15 is 0 Å². The summed E-state index contributed by atoms with van der Waals surface area (Å²) in [6.07, 6.45) is 0.979. The summed E-state index contributed by atoms with van der Waals surface area (Å²) in [5.41, 5.74) is 0. The topological polar surface area (TPSA) is 95.1 Å². The number of amides is 2. The van der Waals surface area contributed by atoms with Crippen LogP contribution in [0.25, 0.3) is 0 Å². The fourth-order valence-corrected chi connectivity index (χ4v) is 1.64. The lowest BCUT2D eigenvalue weighted by Crippen LogP contribution is -2.32. The van der Waals surface area contributed by atoms with E-state index in [0.29, 0.717) is 52.7 Å². The van der Waals surface area contributed by atoms with E-state index in [1.54, 1.807) is 0 Å². The molecule has 1 atom stereocenters. The van der Waals surface area contributed by atoms with E-state index < -0.39 is 0 Å². The van der Waals surface area contributed by atoms with E-state index in [1.807, 2.05) is 27.7 Å². The molecular weight excluding hydrogens is 340 g/mol. The second-order valence-electron chi connectivity index (χ2n) is 6.16. The number of carbonyl (C=O) groups excluding carboxylic acids is 2. The molecule has 0 fully saturated rings. The number of hydrogen-bond acceptors (Lipinski definition) is 6. The highest BCUT2D eigenvalue weighted by Gasteiger charge is 2.05. The molecule has 0 aliphatic heterocycles. The van der Waals surface area contributed by atoms with Crippen molar-refractivity contribution in [3.05, 3.63) is 0 Å². The van der Waals surface area contributed by atoms with E-state index in [0.717, 1.165) is 6.42 Å². The Morgan fingerprint density at radius 3 is 1.81 bits per heavy atom. The van der Waals surface area contributed by atoms with E-state index in [4.69, 9.17) is 18.9 Å². The van der Waals surface area contributed by atoms with Crippen LogP contribution < -0.4 is 10.6 Å². The first kappa shape index (κ1) is 24.8. The number of ether oxygens (including phenoxy) is 4. The van der Waals surface area contributed by atoms with Gasteiger partial charge in [0.25, 0.3) is 0 Å². The minimum atomic E-state index is -0.133. The number of hydrogen-bond donors (Lipinski definition) is 2. The molecule has 26 heavy (non-hydrogen) atoms. The Labute approximate surface area is 157 Å². The monoisotopic (exact) mass is 376 g/mol. The van der Waals surface area contributed by atoms with Gasteiger partial charge in [-0.3, -0.25) is 9.59 Å². The zero-order chi connectivity index (χ0) is 19.6. The highest BCUT2D eigenvalue weighted by atomic mass is 16.5. The van der Waals surface area contributed by atoms with Crippen molar-refractivity contribution in [2.45, 2.75) is 40.2 Å². The molecule has 154 valence electrons. The zero-order valence-electron chi connectivity index (χ0n) is 16.7. The SMILES string of the molecule is CCC(C)OCC(=O)NCCOCCOCCOCCNC(=O)C(C)C. The molecule has 1 unspecified atom stereocenters. The first-order valence-electron chi connectivity index (χ1n) is 9.36. The van der Waals surface area contributed by atoms with E-state index in [2.05, 4.69) is 10.6 Å². The second-order valence-corrected chi connectivity index (χ2v) is 6.16. The van der Waals surface area contributed by atoms with Gasteiger partial charge in [0.05, 0.1) is 45.7 Å². The van der Waals surface area contributed by atoms with Gasteiger partial charge in [-0.1, -0.05) is 20.8 Å².